The first-order valence-electron chi connectivity index (χ1n) is 12.3. The molecule has 4 nitrogen and oxygen atoms in total. The Bertz CT molecular complexity index is 816. The zero-order valence-electron chi connectivity index (χ0n) is 20.4. The van der Waals surface area contributed by atoms with Gasteiger partial charge in [-0.2, -0.15) is 0 Å². The van der Waals surface area contributed by atoms with E-state index in [0.29, 0.717) is 11.8 Å². The Morgan fingerprint density at radius 1 is 0.882 bits per heavy atom. The Hall–Kier alpha value is -1.17. The monoisotopic (exact) mass is 529 g/mol. The molecule has 1 atom stereocenters. The average molecular weight is 531 g/mol. The molecule has 2 aromatic carbocycles. The van der Waals surface area contributed by atoms with E-state index in [1.165, 1.54) is 75.2 Å². The number of rotatable bonds is 9. The van der Waals surface area contributed by atoms with Crippen LogP contribution >= 0.6 is 37.2 Å². The van der Waals surface area contributed by atoms with Crippen molar-refractivity contribution in [1.29, 1.82) is 0 Å². The molecular formula is C27H42Cl3N3O. The van der Waals surface area contributed by atoms with Gasteiger partial charge in [-0.05, 0) is 93.6 Å². The second-order valence-corrected chi connectivity index (χ2v) is 9.26. The van der Waals surface area contributed by atoms with E-state index < -0.39 is 0 Å². The third-order valence-corrected chi connectivity index (χ3v) is 7.08. The molecule has 2 aromatic rings. The number of halogens is 3. The number of benzene rings is 2. The highest BCUT2D eigenvalue weighted by Crippen LogP contribution is 2.28. The third-order valence-electron chi connectivity index (χ3n) is 7.08. The highest BCUT2D eigenvalue weighted by Gasteiger charge is 2.24. The van der Waals surface area contributed by atoms with Gasteiger partial charge < -0.3 is 14.9 Å². The summed E-state index contributed by atoms with van der Waals surface area (Å²) >= 11 is 0. The first-order chi connectivity index (χ1) is 15.2. The molecule has 4 rings (SSSR count). The van der Waals surface area contributed by atoms with Gasteiger partial charge in [0.2, 0.25) is 0 Å². The van der Waals surface area contributed by atoms with Crippen molar-refractivity contribution in [1.82, 2.24) is 9.80 Å². The molecule has 192 valence electrons. The van der Waals surface area contributed by atoms with Crippen LogP contribution in [-0.2, 0) is 12.8 Å². The van der Waals surface area contributed by atoms with Crippen molar-refractivity contribution in [3.8, 4) is 5.75 Å². The maximum Gasteiger partial charge on any atom is 0.115 e. The summed E-state index contributed by atoms with van der Waals surface area (Å²) in [6, 6.07) is 17.4. The topological polar surface area (TPSA) is 30.0 Å². The van der Waals surface area contributed by atoms with Crippen LogP contribution in [0.25, 0.3) is 0 Å². The predicted molar refractivity (Wildman–Crippen MR) is 152 cm³/mol. The van der Waals surface area contributed by atoms with Crippen molar-refractivity contribution >= 4 is 42.9 Å². The van der Waals surface area contributed by atoms with Gasteiger partial charge in [-0.25, -0.2) is 0 Å². The van der Waals surface area contributed by atoms with E-state index in [1.54, 1.807) is 0 Å². The predicted octanol–water partition coefficient (Wildman–Crippen LogP) is 5.83. The summed E-state index contributed by atoms with van der Waals surface area (Å²) in [6.45, 7) is 10.5. The molecule has 1 fully saturated rings. The minimum atomic E-state index is 0. The minimum Gasteiger partial charge on any atom is -0.508 e. The number of phenolic OH excluding ortho intramolecular Hbond substituents is 1. The molecular weight excluding hydrogens is 489 g/mol. The number of phenols is 1. The van der Waals surface area contributed by atoms with Crippen LogP contribution in [0.15, 0.2) is 48.5 Å². The molecule has 2 aliphatic rings. The lowest BCUT2D eigenvalue weighted by Crippen LogP contribution is -2.46. The molecule has 1 aliphatic carbocycles. The van der Waals surface area contributed by atoms with Crippen LogP contribution in [0.4, 0.5) is 5.69 Å². The molecule has 0 amide bonds. The van der Waals surface area contributed by atoms with Crippen LogP contribution in [-0.4, -0.2) is 66.8 Å². The summed E-state index contributed by atoms with van der Waals surface area (Å²) in [5, 5.41) is 9.87. The van der Waals surface area contributed by atoms with Gasteiger partial charge in [-0.15, -0.1) is 37.2 Å². The van der Waals surface area contributed by atoms with E-state index in [0.717, 1.165) is 25.9 Å². The quantitative estimate of drug-likeness (QED) is 0.413. The summed E-state index contributed by atoms with van der Waals surface area (Å²) in [6.07, 6.45) is 7.26. The summed E-state index contributed by atoms with van der Waals surface area (Å²) in [5.41, 5.74) is 4.15. The van der Waals surface area contributed by atoms with Crippen molar-refractivity contribution in [3.63, 3.8) is 0 Å². The van der Waals surface area contributed by atoms with Crippen molar-refractivity contribution in [3.05, 3.63) is 59.7 Å². The molecule has 1 N–H and O–H groups in total. The van der Waals surface area contributed by atoms with Crippen LogP contribution < -0.4 is 4.90 Å². The normalized spacial score (nSPS) is 17.8. The van der Waals surface area contributed by atoms with Crippen LogP contribution in [0, 0.1) is 0 Å². The second-order valence-electron chi connectivity index (χ2n) is 9.26. The largest absolute Gasteiger partial charge is 0.508 e. The van der Waals surface area contributed by atoms with E-state index in [1.807, 2.05) is 12.1 Å². The van der Waals surface area contributed by atoms with Gasteiger partial charge >= 0.3 is 0 Å². The zero-order chi connectivity index (χ0) is 21.5. The maximum atomic E-state index is 9.87. The van der Waals surface area contributed by atoms with Crippen LogP contribution in [0.1, 0.15) is 43.7 Å². The SMILES string of the molecule is CCCN(CCCCN1CCN(c2ccccc2)CC1)[C@H]1CCc2ccc(O)cc2C1.Cl.Cl.Cl. The van der Waals surface area contributed by atoms with Crippen molar-refractivity contribution in [2.45, 2.75) is 51.5 Å². The number of aromatic hydroxyl groups is 1. The Kier molecular flexibility index (Phi) is 14.3. The fourth-order valence-corrected chi connectivity index (χ4v) is 5.32. The Morgan fingerprint density at radius 3 is 2.32 bits per heavy atom. The van der Waals surface area contributed by atoms with Gasteiger partial charge in [0.15, 0.2) is 0 Å². The first-order valence-corrected chi connectivity index (χ1v) is 12.3. The van der Waals surface area contributed by atoms with Gasteiger partial charge in [0.1, 0.15) is 5.75 Å². The summed E-state index contributed by atoms with van der Waals surface area (Å²) < 4.78 is 0. The number of piperazine rings is 1. The fourth-order valence-electron chi connectivity index (χ4n) is 5.32. The summed E-state index contributed by atoms with van der Waals surface area (Å²) in [5.74, 6) is 0.411. The number of aryl methyl sites for hydroxylation is 1. The molecule has 1 saturated heterocycles. The van der Waals surface area contributed by atoms with Crippen LogP contribution in [0.3, 0.4) is 0 Å². The molecule has 34 heavy (non-hydrogen) atoms. The van der Waals surface area contributed by atoms with Gasteiger partial charge in [0.05, 0.1) is 0 Å². The number of fused-ring (bicyclic) bond motifs is 1. The Balaban J connectivity index is 0.00000193. The smallest absolute Gasteiger partial charge is 0.115 e. The van der Waals surface area contributed by atoms with Crippen molar-refractivity contribution in [2.75, 3.05) is 50.7 Å². The summed E-state index contributed by atoms with van der Waals surface area (Å²) in [7, 11) is 0. The van der Waals surface area contributed by atoms with Crippen molar-refractivity contribution < 1.29 is 5.11 Å². The standard InChI is InChI=1S/C27H39N3O.3ClH/c1-2-14-29(26-12-10-23-11-13-27(31)22-24(23)21-26)16-7-6-15-28-17-19-30(20-18-28)25-8-4-3-5-9-25;;;/h3-5,8-9,11,13,22,26,31H,2,6-7,10,12,14-21H2,1H3;3*1H/t26-;;;/m0.../s1. The average Bonchev–Trinajstić information content (AvgIpc) is 2.81. The molecule has 1 aliphatic heterocycles. The van der Waals surface area contributed by atoms with Gasteiger partial charge in [-0.3, -0.25) is 4.90 Å². The lowest BCUT2D eigenvalue weighted by molar-refractivity contribution is 0.171. The molecule has 0 bridgehead atoms. The number of anilines is 1. The zero-order valence-corrected chi connectivity index (χ0v) is 22.9. The third kappa shape index (κ3) is 8.49. The summed E-state index contributed by atoms with van der Waals surface area (Å²) in [4.78, 5) is 7.88. The number of nitrogens with zero attached hydrogens (tertiary/aromatic N) is 3. The highest BCUT2D eigenvalue weighted by molar-refractivity contribution is 5.86. The lowest BCUT2D eigenvalue weighted by atomic mass is 9.87. The number of para-hydroxylation sites is 1. The fraction of sp³-hybridized carbons (Fsp3) is 0.556. The van der Waals surface area contributed by atoms with E-state index in [9.17, 15) is 5.11 Å². The van der Waals surface area contributed by atoms with E-state index in [2.05, 4.69) is 58.0 Å². The van der Waals surface area contributed by atoms with Crippen LogP contribution in [0.5, 0.6) is 5.75 Å². The number of hydrogen-bond acceptors (Lipinski definition) is 4. The number of hydrogen-bond donors (Lipinski definition) is 1. The van der Waals surface area contributed by atoms with E-state index in [4.69, 9.17) is 0 Å². The van der Waals surface area contributed by atoms with Crippen LogP contribution in [0.2, 0.25) is 0 Å². The molecule has 0 aromatic heterocycles. The Morgan fingerprint density at radius 2 is 1.62 bits per heavy atom. The van der Waals surface area contributed by atoms with Crippen molar-refractivity contribution in [2.24, 2.45) is 0 Å². The first kappa shape index (κ1) is 30.9. The van der Waals surface area contributed by atoms with Gasteiger partial charge in [0.25, 0.3) is 0 Å². The highest BCUT2D eigenvalue weighted by atomic mass is 35.5. The number of unbranched alkanes of at least 4 members (excludes halogenated alkanes) is 1. The Labute approximate surface area is 224 Å². The van der Waals surface area contributed by atoms with E-state index in [-0.39, 0.29) is 37.2 Å². The maximum absolute atomic E-state index is 9.87. The molecule has 0 unspecified atom stereocenters. The molecule has 0 saturated carbocycles. The molecule has 0 spiro atoms. The lowest BCUT2D eigenvalue weighted by Gasteiger charge is -2.37. The van der Waals surface area contributed by atoms with Gasteiger partial charge in [-0.1, -0.05) is 31.2 Å². The molecule has 1 heterocycles. The van der Waals surface area contributed by atoms with E-state index >= 15 is 0 Å². The minimum absolute atomic E-state index is 0. The molecule has 0 radical (unpaired) electrons. The molecule has 7 heteroatoms. The second kappa shape index (κ2) is 15.7. The van der Waals surface area contributed by atoms with Gasteiger partial charge in [0, 0.05) is 37.9 Å².